The molecular formula is C18H22ClNO5S. The lowest BCUT2D eigenvalue weighted by atomic mass is 10.1. The second kappa shape index (κ2) is 8.79. The van der Waals surface area contributed by atoms with Gasteiger partial charge in [0.1, 0.15) is 5.37 Å². The van der Waals surface area contributed by atoms with E-state index >= 15 is 0 Å². The third-order valence-electron chi connectivity index (χ3n) is 4.40. The lowest BCUT2D eigenvalue weighted by molar-refractivity contribution is -0.136. The summed E-state index contributed by atoms with van der Waals surface area (Å²) >= 11 is 6.12. The zero-order valence-electron chi connectivity index (χ0n) is 14.4. The zero-order valence-corrected chi connectivity index (χ0v) is 15.9. The number of ketones is 1. The van der Waals surface area contributed by atoms with Crippen molar-refractivity contribution in [3.63, 3.8) is 0 Å². The second-order valence-corrected chi connectivity index (χ2v) is 8.65. The highest BCUT2D eigenvalue weighted by molar-refractivity contribution is 7.92. The smallest absolute Gasteiger partial charge is 0.303 e. The number of aliphatic carboxylic acids is 1. The van der Waals surface area contributed by atoms with Crippen molar-refractivity contribution in [2.75, 3.05) is 13.1 Å². The van der Waals surface area contributed by atoms with Crippen LogP contribution >= 0.6 is 11.6 Å². The molecule has 1 fully saturated rings. The maximum atomic E-state index is 13.1. The Morgan fingerprint density at radius 1 is 1.23 bits per heavy atom. The summed E-state index contributed by atoms with van der Waals surface area (Å²) in [5, 5.41) is 7.82. The third-order valence-corrected chi connectivity index (χ3v) is 6.91. The van der Waals surface area contributed by atoms with Crippen LogP contribution in [0.5, 0.6) is 0 Å². The van der Waals surface area contributed by atoms with Gasteiger partial charge in [0.15, 0.2) is 15.6 Å². The van der Waals surface area contributed by atoms with E-state index < -0.39 is 27.0 Å². The molecule has 0 aliphatic carbocycles. The van der Waals surface area contributed by atoms with Gasteiger partial charge in [0.2, 0.25) is 0 Å². The van der Waals surface area contributed by atoms with Gasteiger partial charge in [0.05, 0.1) is 16.3 Å². The molecule has 0 spiro atoms. The Labute approximate surface area is 158 Å². The summed E-state index contributed by atoms with van der Waals surface area (Å²) < 4.78 is 26.2. The summed E-state index contributed by atoms with van der Waals surface area (Å²) in [6.07, 6.45) is 3.77. The molecule has 0 radical (unpaired) electrons. The molecule has 142 valence electrons. The second-order valence-electron chi connectivity index (χ2n) is 6.23. The lowest BCUT2D eigenvalue weighted by Crippen LogP contribution is -2.42. The van der Waals surface area contributed by atoms with E-state index in [4.69, 9.17) is 16.7 Å². The predicted octanol–water partition coefficient (Wildman–Crippen LogP) is 3.16. The van der Waals surface area contributed by atoms with Gasteiger partial charge >= 0.3 is 5.97 Å². The van der Waals surface area contributed by atoms with Gasteiger partial charge in [-0.15, -0.1) is 6.58 Å². The number of carboxylic acid groups (broad SMARTS) is 1. The molecule has 0 amide bonds. The van der Waals surface area contributed by atoms with Crippen LogP contribution in [-0.4, -0.2) is 48.6 Å². The van der Waals surface area contributed by atoms with Crippen LogP contribution in [0, 0.1) is 0 Å². The van der Waals surface area contributed by atoms with Crippen LogP contribution in [0.2, 0.25) is 5.02 Å². The molecule has 1 aromatic carbocycles. The van der Waals surface area contributed by atoms with Crippen LogP contribution in [0.4, 0.5) is 0 Å². The van der Waals surface area contributed by atoms with Crippen molar-refractivity contribution in [1.82, 2.24) is 4.90 Å². The van der Waals surface area contributed by atoms with Crippen molar-refractivity contribution in [2.45, 2.75) is 42.4 Å². The van der Waals surface area contributed by atoms with Crippen LogP contribution in [-0.2, 0) is 14.6 Å². The number of sulfone groups is 1. The molecule has 0 aromatic heterocycles. The number of carbonyl (C=O) groups excluding carboxylic acids is 1. The minimum Gasteiger partial charge on any atom is -0.481 e. The number of piperidine rings is 1. The van der Waals surface area contributed by atoms with Crippen molar-refractivity contribution >= 4 is 33.2 Å². The van der Waals surface area contributed by atoms with E-state index in [1.54, 1.807) is 0 Å². The first-order valence-electron chi connectivity index (χ1n) is 8.42. The van der Waals surface area contributed by atoms with Gasteiger partial charge in [-0.3, -0.25) is 14.5 Å². The summed E-state index contributed by atoms with van der Waals surface area (Å²) in [5.74, 6) is -1.52. The third kappa shape index (κ3) is 4.72. The standard InChI is InChI=1S/C18H22ClNO5S/c1-2-17(20-10-4-3-5-11-20)26(24,25)16-12-13(6-7-14(16)19)15(21)8-9-18(22)23/h2,6-7,12,17H,1,3-5,8-11H2,(H,22,23). The van der Waals surface area contributed by atoms with E-state index in [1.807, 2.05) is 4.90 Å². The summed E-state index contributed by atoms with van der Waals surface area (Å²) in [5.41, 5.74) is 0.135. The molecule has 6 nitrogen and oxygen atoms in total. The zero-order chi connectivity index (χ0) is 19.3. The number of carboxylic acids is 1. The molecule has 26 heavy (non-hydrogen) atoms. The average molecular weight is 400 g/mol. The summed E-state index contributed by atoms with van der Waals surface area (Å²) in [7, 11) is -3.86. The van der Waals surface area contributed by atoms with Crippen molar-refractivity contribution in [1.29, 1.82) is 0 Å². The lowest BCUT2D eigenvalue weighted by Gasteiger charge is -2.32. The highest BCUT2D eigenvalue weighted by atomic mass is 35.5. The Morgan fingerprint density at radius 2 is 1.88 bits per heavy atom. The molecule has 1 aliphatic rings. The molecule has 1 unspecified atom stereocenters. The maximum absolute atomic E-state index is 13.1. The summed E-state index contributed by atoms with van der Waals surface area (Å²) in [4.78, 5) is 24.5. The summed E-state index contributed by atoms with van der Waals surface area (Å²) in [6.45, 7) is 4.98. The molecular weight excluding hydrogens is 378 g/mol. The van der Waals surface area contributed by atoms with Crippen LogP contribution in [0.3, 0.4) is 0 Å². The number of Topliss-reactive ketones (excluding diaryl/α,β-unsaturated/α-hetero) is 1. The Kier molecular flexibility index (Phi) is 6.97. The van der Waals surface area contributed by atoms with Crippen LogP contribution in [0.25, 0.3) is 0 Å². The molecule has 1 heterocycles. The molecule has 1 saturated heterocycles. The Hall–Kier alpha value is -1.70. The van der Waals surface area contributed by atoms with Gasteiger partial charge in [-0.2, -0.15) is 0 Å². The van der Waals surface area contributed by atoms with Gasteiger partial charge in [-0.25, -0.2) is 8.42 Å². The minimum atomic E-state index is -3.86. The first-order valence-corrected chi connectivity index (χ1v) is 10.3. The first kappa shape index (κ1) is 20.6. The fourth-order valence-electron chi connectivity index (χ4n) is 3.03. The normalized spacial score (nSPS) is 16.8. The van der Waals surface area contributed by atoms with Crippen LogP contribution in [0.15, 0.2) is 35.7 Å². The van der Waals surface area contributed by atoms with E-state index in [0.717, 1.165) is 19.3 Å². The molecule has 1 aromatic rings. The molecule has 2 rings (SSSR count). The van der Waals surface area contributed by atoms with Crippen LogP contribution < -0.4 is 0 Å². The number of rotatable bonds is 8. The first-order chi connectivity index (χ1) is 12.3. The molecule has 1 N–H and O–H groups in total. The topological polar surface area (TPSA) is 91.8 Å². The molecule has 1 atom stereocenters. The number of hydrogen-bond donors (Lipinski definition) is 1. The van der Waals surface area contributed by atoms with Crippen LogP contribution in [0.1, 0.15) is 42.5 Å². The fourth-order valence-corrected chi connectivity index (χ4v) is 5.22. The van der Waals surface area contributed by atoms with Crippen molar-refractivity contribution in [2.24, 2.45) is 0 Å². The summed E-state index contributed by atoms with van der Waals surface area (Å²) in [6, 6.07) is 4.01. The maximum Gasteiger partial charge on any atom is 0.303 e. The van der Waals surface area contributed by atoms with Crippen molar-refractivity contribution in [3.05, 3.63) is 41.4 Å². The van der Waals surface area contributed by atoms with Gasteiger partial charge in [-0.1, -0.05) is 24.1 Å². The van der Waals surface area contributed by atoms with Gasteiger partial charge in [0, 0.05) is 12.0 Å². The van der Waals surface area contributed by atoms with Gasteiger partial charge in [-0.05, 0) is 44.1 Å². The SMILES string of the molecule is C=CC(N1CCCCC1)S(=O)(=O)c1cc(C(=O)CCC(=O)O)ccc1Cl. The van der Waals surface area contributed by atoms with E-state index in [1.165, 1.54) is 24.3 Å². The largest absolute Gasteiger partial charge is 0.481 e. The molecule has 0 bridgehead atoms. The highest BCUT2D eigenvalue weighted by Crippen LogP contribution is 2.29. The van der Waals surface area contributed by atoms with Gasteiger partial charge in [0.25, 0.3) is 0 Å². The van der Waals surface area contributed by atoms with E-state index in [9.17, 15) is 18.0 Å². The quantitative estimate of drug-likeness (QED) is 0.533. The van der Waals surface area contributed by atoms with Crippen molar-refractivity contribution < 1.29 is 23.1 Å². The van der Waals surface area contributed by atoms with Gasteiger partial charge < -0.3 is 5.11 Å². The monoisotopic (exact) mass is 399 g/mol. The molecule has 1 aliphatic heterocycles. The number of halogens is 1. The Morgan fingerprint density at radius 3 is 2.46 bits per heavy atom. The molecule has 8 heteroatoms. The highest BCUT2D eigenvalue weighted by Gasteiger charge is 2.33. The predicted molar refractivity (Wildman–Crippen MR) is 99.2 cm³/mol. The molecule has 0 saturated carbocycles. The Bertz CT molecular complexity index is 800. The number of nitrogens with zero attached hydrogens (tertiary/aromatic N) is 1. The number of likely N-dealkylation sites (tertiary alicyclic amines) is 1. The average Bonchev–Trinajstić information content (AvgIpc) is 2.61. The minimum absolute atomic E-state index is 0.0312. The number of carbonyl (C=O) groups is 2. The fraction of sp³-hybridized carbons (Fsp3) is 0.444. The van der Waals surface area contributed by atoms with E-state index in [-0.39, 0.29) is 28.3 Å². The van der Waals surface area contributed by atoms with E-state index in [0.29, 0.717) is 13.1 Å². The number of benzene rings is 1. The Balaban J connectivity index is 2.35. The van der Waals surface area contributed by atoms with E-state index in [2.05, 4.69) is 6.58 Å². The number of hydrogen-bond acceptors (Lipinski definition) is 5. The van der Waals surface area contributed by atoms with Crippen molar-refractivity contribution in [3.8, 4) is 0 Å².